The fourth-order valence-corrected chi connectivity index (χ4v) is 6.86. The number of amides is 1. The number of nitrogens with zero attached hydrogens (tertiary/aromatic N) is 2. The number of carbonyl (C=O) groups is 1. The Morgan fingerprint density at radius 1 is 0.757 bits per heavy atom. The number of H-pyrrole nitrogens is 2. The largest absolute Gasteiger partial charge is 0.361 e. The first-order chi connectivity index (χ1) is 18.2. The number of nitrogens with one attached hydrogen (secondary N) is 2. The standard InChI is InChI=1S/C32H32N4O/c37-31-18-23(22-36(31)24-8-2-1-3-9-24)21-35-16-14-32(15-17-35,27-19-33-29-12-6-4-10-25(27)29)28-20-34-30-13-7-5-11-26(28)30/h1-13,19-20,23,33-34H,14-18,21-22H2/t23-/m1/s1. The van der Waals surface area contributed by atoms with Crippen LogP contribution < -0.4 is 4.90 Å². The van der Waals surface area contributed by atoms with Crippen molar-refractivity contribution in [2.45, 2.75) is 24.7 Å². The molecule has 5 nitrogen and oxygen atoms in total. The van der Waals surface area contributed by atoms with Gasteiger partial charge in [-0.05, 0) is 67.2 Å². The molecule has 0 aliphatic carbocycles. The molecular formula is C32H32N4O. The number of hydrogen-bond acceptors (Lipinski definition) is 2. The quantitative estimate of drug-likeness (QED) is 0.315. The van der Waals surface area contributed by atoms with E-state index in [0.29, 0.717) is 12.3 Å². The summed E-state index contributed by atoms with van der Waals surface area (Å²) in [6.07, 6.45) is 7.24. The molecule has 2 fully saturated rings. The average Bonchev–Trinajstić information content (AvgIpc) is 3.67. The Morgan fingerprint density at radius 2 is 1.32 bits per heavy atom. The van der Waals surface area contributed by atoms with Crippen LogP contribution in [0.1, 0.15) is 30.4 Å². The summed E-state index contributed by atoms with van der Waals surface area (Å²) in [6.45, 7) is 3.84. The Bertz CT molecular complexity index is 1480. The predicted molar refractivity (Wildman–Crippen MR) is 150 cm³/mol. The van der Waals surface area contributed by atoms with Crippen molar-refractivity contribution in [2.75, 3.05) is 31.1 Å². The lowest BCUT2D eigenvalue weighted by atomic mass is 9.67. The second-order valence-electron chi connectivity index (χ2n) is 10.8. The predicted octanol–water partition coefficient (Wildman–Crippen LogP) is 6.08. The zero-order chi connectivity index (χ0) is 24.8. The van der Waals surface area contributed by atoms with E-state index in [1.165, 1.54) is 32.9 Å². The molecule has 2 aliphatic rings. The third kappa shape index (κ3) is 3.77. The van der Waals surface area contributed by atoms with Gasteiger partial charge in [-0.2, -0.15) is 0 Å². The molecule has 4 heterocycles. The van der Waals surface area contributed by atoms with Crippen molar-refractivity contribution >= 4 is 33.4 Å². The molecule has 2 N–H and O–H groups in total. The number of benzene rings is 3. The van der Waals surface area contributed by atoms with E-state index in [0.717, 1.165) is 44.7 Å². The average molecular weight is 489 g/mol. The monoisotopic (exact) mass is 488 g/mol. The first-order valence-corrected chi connectivity index (χ1v) is 13.4. The summed E-state index contributed by atoms with van der Waals surface area (Å²) < 4.78 is 0. The molecule has 0 saturated carbocycles. The zero-order valence-electron chi connectivity index (χ0n) is 21.0. The summed E-state index contributed by atoms with van der Waals surface area (Å²) in [4.78, 5) is 24.4. The zero-order valence-corrected chi connectivity index (χ0v) is 21.0. The topological polar surface area (TPSA) is 55.1 Å². The number of piperidine rings is 1. The van der Waals surface area contributed by atoms with Crippen molar-refractivity contribution in [3.05, 3.63) is 102 Å². The highest BCUT2D eigenvalue weighted by atomic mass is 16.2. The molecule has 3 aromatic carbocycles. The molecule has 1 amide bonds. The number of anilines is 1. The third-order valence-corrected chi connectivity index (χ3v) is 8.71. The van der Waals surface area contributed by atoms with Crippen LogP contribution >= 0.6 is 0 Å². The number of aromatic nitrogens is 2. The van der Waals surface area contributed by atoms with Gasteiger partial charge in [-0.25, -0.2) is 0 Å². The number of likely N-dealkylation sites (tertiary alicyclic amines) is 1. The minimum atomic E-state index is -0.0583. The molecule has 0 bridgehead atoms. The Labute approximate surface area is 217 Å². The molecule has 2 aliphatic heterocycles. The molecule has 0 radical (unpaired) electrons. The molecule has 2 aromatic heterocycles. The Kier molecular flexibility index (Phi) is 5.40. The van der Waals surface area contributed by atoms with Gasteiger partial charge in [0.1, 0.15) is 0 Å². The summed E-state index contributed by atoms with van der Waals surface area (Å²) >= 11 is 0. The molecule has 2 saturated heterocycles. The van der Waals surface area contributed by atoms with Crippen LogP contribution in [0.25, 0.3) is 21.8 Å². The Morgan fingerprint density at radius 3 is 1.95 bits per heavy atom. The first-order valence-electron chi connectivity index (χ1n) is 13.4. The first kappa shape index (κ1) is 22.4. The van der Waals surface area contributed by atoms with Crippen LogP contribution in [0, 0.1) is 5.92 Å². The number of aromatic amines is 2. The van der Waals surface area contributed by atoms with Crippen LogP contribution in [0.3, 0.4) is 0 Å². The van der Waals surface area contributed by atoms with Gasteiger partial charge in [-0.3, -0.25) is 4.79 Å². The van der Waals surface area contributed by atoms with E-state index in [1.807, 2.05) is 35.2 Å². The Hall–Kier alpha value is -3.83. The van der Waals surface area contributed by atoms with E-state index in [1.54, 1.807) is 0 Å². The van der Waals surface area contributed by atoms with Crippen LogP contribution in [-0.2, 0) is 10.2 Å². The number of hydrogen-bond donors (Lipinski definition) is 2. The normalized spacial score (nSPS) is 20.3. The third-order valence-electron chi connectivity index (χ3n) is 8.71. The SMILES string of the molecule is O=C1C[C@H](CN2CCC(c3c[nH]c4ccccc34)(c3c[nH]c4ccccc34)CC2)CN1c1ccccc1. The molecule has 37 heavy (non-hydrogen) atoms. The van der Waals surface area contributed by atoms with E-state index < -0.39 is 0 Å². The molecule has 7 rings (SSSR count). The van der Waals surface area contributed by atoms with Crippen molar-refractivity contribution in [1.29, 1.82) is 0 Å². The van der Waals surface area contributed by atoms with Crippen molar-refractivity contribution in [3.8, 4) is 0 Å². The maximum atomic E-state index is 12.8. The molecule has 5 aromatic rings. The van der Waals surface area contributed by atoms with Crippen LogP contribution in [0.5, 0.6) is 0 Å². The molecule has 186 valence electrons. The van der Waals surface area contributed by atoms with Crippen molar-refractivity contribution in [3.63, 3.8) is 0 Å². The van der Waals surface area contributed by atoms with Crippen LogP contribution in [0.4, 0.5) is 5.69 Å². The highest BCUT2D eigenvalue weighted by molar-refractivity contribution is 5.95. The fourth-order valence-electron chi connectivity index (χ4n) is 6.86. The van der Waals surface area contributed by atoms with E-state index in [-0.39, 0.29) is 11.3 Å². The second kappa shape index (κ2) is 8.93. The van der Waals surface area contributed by atoms with Crippen molar-refractivity contribution in [2.24, 2.45) is 5.92 Å². The van der Waals surface area contributed by atoms with Gasteiger partial charge in [0.05, 0.1) is 0 Å². The minimum Gasteiger partial charge on any atom is -0.361 e. The summed E-state index contributed by atoms with van der Waals surface area (Å²) in [5, 5.41) is 2.64. The summed E-state index contributed by atoms with van der Waals surface area (Å²) in [6, 6.07) is 27.5. The number of para-hydroxylation sites is 3. The molecule has 0 unspecified atom stereocenters. The molecule has 5 heteroatoms. The summed E-state index contributed by atoms with van der Waals surface area (Å²) in [5.74, 6) is 0.626. The van der Waals surface area contributed by atoms with E-state index in [2.05, 4.69) is 75.8 Å². The number of fused-ring (bicyclic) bond motifs is 2. The van der Waals surface area contributed by atoms with Gasteiger partial charge < -0.3 is 19.8 Å². The Balaban J connectivity index is 1.16. The summed E-state index contributed by atoms with van der Waals surface area (Å²) in [7, 11) is 0. The maximum Gasteiger partial charge on any atom is 0.227 e. The van der Waals surface area contributed by atoms with Gasteiger partial charge in [-0.15, -0.1) is 0 Å². The molecule has 0 spiro atoms. The molecule has 1 atom stereocenters. The number of rotatable bonds is 5. The fraction of sp³-hybridized carbons (Fsp3) is 0.281. The van der Waals surface area contributed by atoms with Crippen LogP contribution in [0.15, 0.2) is 91.3 Å². The van der Waals surface area contributed by atoms with Gasteiger partial charge in [0.2, 0.25) is 5.91 Å². The van der Waals surface area contributed by atoms with E-state index in [9.17, 15) is 4.79 Å². The van der Waals surface area contributed by atoms with Gasteiger partial charge in [0.15, 0.2) is 0 Å². The lowest BCUT2D eigenvalue weighted by molar-refractivity contribution is -0.117. The highest BCUT2D eigenvalue weighted by Crippen LogP contribution is 2.47. The van der Waals surface area contributed by atoms with E-state index >= 15 is 0 Å². The number of carbonyl (C=O) groups excluding carboxylic acids is 1. The van der Waals surface area contributed by atoms with E-state index in [4.69, 9.17) is 0 Å². The lowest BCUT2D eigenvalue weighted by Crippen LogP contribution is -2.45. The smallest absolute Gasteiger partial charge is 0.227 e. The lowest BCUT2D eigenvalue weighted by Gasteiger charge is -2.43. The molecular weight excluding hydrogens is 456 g/mol. The van der Waals surface area contributed by atoms with Gasteiger partial charge >= 0.3 is 0 Å². The van der Waals surface area contributed by atoms with Crippen molar-refractivity contribution in [1.82, 2.24) is 14.9 Å². The van der Waals surface area contributed by atoms with Gasteiger partial charge in [0, 0.05) is 64.8 Å². The second-order valence-corrected chi connectivity index (χ2v) is 10.8. The van der Waals surface area contributed by atoms with Gasteiger partial charge in [-0.1, -0.05) is 54.6 Å². The highest BCUT2D eigenvalue weighted by Gasteiger charge is 2.42. The van der Waals surface area contributed by atoms with Gasteiger partial charge in [0.25, 0.3) is 0 Å². The minimum absolute atomic E-state index is 0.0583. The van der Waals surface area contributed by atoms with Crippen LogP contribution in [-0.4, -0.2) is 47.0 Å². The maximum absolute atomic E-state index is 12.8. The van der Waals surface area contributed by atoms with Crippen molar-refractivity contribution < 1.29 is 4.79 Å². The van der Waals surface area contributed by atoms with Crippen LogP contribution in [0.2, 0.25) is 0 Å². The summed E-state index contributed by atoms with van der Waals surface area (Å²) in [5.41, 5.74) is 6.16.